The van der Waals surface area contributed by atoms with Crippen molar-refractivity contribution in [1.82, 2.24) is 0 Å². The lowest BCUT2D eigenvalue weighted by Crippen LogP contribution is -2.29. The first-order chi connectivity index (χ1) is 13.7. The molecule has 0 radical (unpaired) electrons. The average molecular weight is 392 g/mol. The van der Waals surface area contributed by atoms with Gasteiger partial charge in [-0.05, 0) is 41.3 Å². The Morgan fingerprint density at radius 1 is 1.04 bits per heavy atom. The van der Waals surface area contributed by atoms with Crippen LogP contribution >= 0.6 is 11.3 Å². The Morgan fingerprint density at radius 2 is 1.86 bits per heavy atom. The summed E-state index contributed by atoms with van der Waals surface area (Å²) in [6.45, 7) is 4.00. The summed E-state index contributed by atoms with van der Waals surface area (Å²) >= 11 is 1.74. The van der Waals surface area contributed by atoms with Crippen LogP contribution in [-0.4, -0.2) is 7.05 Å². The van der Waals surface area contributed by atoms with Gasteiger partial charge in [0.15, 0.2) is 5.75 Å². The number of para-hydroxylation sites is 2. The van der Waals surface area contributed by atoms with Gasteiger partial charge in [0.2, 0.25) is 11.5 Å². The molecule has 5 heteroatoms. The van der Waals surface area contributed by atoms with E-state index in [9.17, 15) is 0 Å². The van der Waals surface area contributed by atoms with E-state index in [1.165, 1.54) is 10.4 Å². The normalized spacial score (nSPS) is 14.0. The molecule has 1 aliphatic rings. The number of aromatic nitrogens is 1. The van der Waals surface area contributed by atoms with Crippen LogP contribution in [0.2, 0.25) is 0 Å². The molecular weight excluding hydrogens is 368 g/mol. The number of fused-ring (bicyclic) bond motifs is 2. The van der Waals surface area contributed by atoms with Gasteiger partial charge in [0.05, 0.1) is 5.69 Å². The maximum Gasteiger partial charge on any atom is 0.379 e. The van der Waals surface area contributed by atoms with Crippen LogP contribution in [0.3, 0.4) is 0 Å². The number of ether oxygens (including phenoxy) is 1. The van der Waals surface area contributed by atoms with Crippen molar-refractivity contribution in [3.63, 3.8) is 0 Å². The molecule has 4 aromatic rings. The number of anilines is 1. The Balaban J connectivity index is 0.000000932. The fraction of sp³-hybridized carbons (Fsp3) is 0.174. The summed E-state index contributed by atoms with van der Waals surface area (Å²) in [6, 6.07) is 18.5. The summed E-state index contributed by atoms with van der Waals surface area (Å²) in [4.78, 5) is 3.31. The van der Waals surface area contributed by atoms with Crippen molar-refractivity contribution in [2.45, 2.75) is 13.8 Å². The van der Waals surface area contributed by atoms with Crippen LogP contribution in [0.1, 0.15) is 19.7 Å². The van der Waals surface area contributed by atoms with Crippen molar-refractivity contribution in [2.75, 3.05) is 11.9 Å². The summed E-state index contributed by atoms with van der Waals surface area (Å²) in [6.07, 6.45) is 1.94. The highest BCUT2D eigenvalue weighted by Gasteiger charge is 2.27. The summed E-state index contributed by atoms with van der Waals surface area (Å²) in [7, 11) is 4.01. The van der Waals surface area contributed by atoms with Gasteiger partial charge in [-0.15, -0.1) is 11.3 Å². The average Bonchev–Trinajstić information content (AvgIpc) is 3.44. The molecule has 0 atom stereocenters. The lowest BCUT2D eigenvalue weighted by Gasteiger charge is -2.10. The van der Waals surface area contributed by atoms with Crippen LogP contribution in [-0.2, 0) is 7.05 Å². The Labute approximate surface area is 168 Å². The molecule has 3 heterocycles. The molecule has 5 rings (SSSR count). The molecule has 28 heavy (non-hydrogen) atoms. The zero-order chi connectivity index (χ0) is 19.7. The van der Waals surface area contributed by atoms with Gasteiger partial charge in [-0.2, -0.15) is 4.57 Å². The molecule has 142 valence electrons. The highest BCUT2D eigenvalue weighted by Crippen LogP contribution is 2.41. The molecule has 0 spiro atoms. The van der Waals surface area contributed by atoms with E-state index in [1.54, 1.807) is 11.3 Å². The van der Waals surface area contributed by atoms with Gasteiger partial charge in [0, 0.05) is 18.0 Å². The second-order valence-corrected chi connectivity index (χ2v) is 7.22. The van der Waals surface area contributed by atoms with Crippen LogP contribution in [0.4, 0.5) is 5.69 Å². The number of rotatable bonds is 2. The van der Waals surface area contributed by atoms with Gasteiger partial charge < -0.3 is 14.1 Å². The minimum atomic E-state index is 0.748. The van der Waals surface area contributed by atoms with E-state index in [1.807, 2.05) is 68.9 Å². The monoisotopic (exact) mass is 391 g/mol. The number of nitrogens with zero attached hydrogens (tertiary/aromatic N) is 2. The Bertz CT molecular complexity index is 1140. The van der Waals surface area contributed by atoms with Gasteiger partial charge in [-0.3, -0.25) is 0 Å². The molecule has 0 amide bonds. The second kappa shape index (κ2) is 7.52. The Morgan fingerprint density at radius 3 is 2.61 bits per heavy atom. The van der Waals surface area contributed by atoms with Gasteiger partial charge >= 0.3 is 5.89 Å². The standard InChI is InChI=1S/C21H17N2O2S.C2H6/c1-22-15-6-3-4-7-17(15)24-20(22)13-21-23(2)16-12-14(9-10-18(16)25-21)19-8-5-11-26-19;1-2/h3-13H,1-2H3;1-2H3/q+1;. The summed E-state index contributed by atoms with van der Waals surface area (Å²) < 4.78 is 14.1. The van der Waals surface area contributed by atoms with Crippen LogP contribution in [0, 0.1) is 0 Å². The zero-order valence-electron chi connectivity index (χ0n) is 16.5. The number of hydrogen-bond donors (Lipinski definition) is 0. The quantitative estimate of drug-likeness (QED) is 0.402. The molecule has 0 N–H and O–H groups in total. The minimum Gasteiger partial charge on any atom is -0.438 e. The number of benzene rings is 2. The predicted molar refractivity (Wildman–Crippen MR) is 116 cm³/mol. The van der Waals surface area contributed by atoms with E-state index < -0.39 is 0 Å². The van der Waals surface area contributed by atoms with Gasteiger partial charge in [0.1, 0.15) is 13.1 Å². The Hall–Kier alpha value is -3.05. The molecule has 0 unspecified atom stereocenters. The fourth-order valence-corrected chi connectivity index (χ4v) is 3.96. The number of oxazole rings is 1. The molecule has 2 aromatic heterocycles. The van der Waals surface area contributed by atoms with Crippen molar-refractivity contribution in [3.8, 4) is 16.2 Å². The molecule has 0 saturated heterocycles. The molecule has 4 nitrogen and oxygen atoms in total. The van der Waals surface area contributed by atoms with E-state index in [0.29, 0.717) is 0 Å². The molecule has 0 aliphatic carbocycles. The minimum absolute atomic E-state index is 0.748. The van der Waals surface area contributed by atoms with Crippen molar-refractivity contribution in [3.05, 3.63) is 71.8 Å². The first-order valence-electron chi connectivity index (χ1n) is 9.39. The number of thiophene rings is 1. The molecule has 0 fully saturated rings. The highest BCUT2D eigenvalue weighted by molar-refractivity contribution is 7.13. The van der Waals surface area contributed by atoms with Gasteiger partial charge in [-0.1, -0.05) is 32.0 Å². The number of aryl methyl sites for hydroxylation is 1. The first kappa shape index (κ1) is 18.3. The molecule has 0 bridgehead atoms. The van der Waals surface area contributed by atoms with Gasteiger partial charge in [0.25, 0.3) is 5.52 Å². The van der Waals surface area contributed by atoms with Crippen LogP contribution < -0.4 is 14.2 Å². The lowest BCUT2D eigenvalue weighted by molar-refractivity contribution is -0.652. The molecular formula is C23H23N2O2S+. The van der Waals surface area contributed by atoms with E-state index >= 15 is 0 Å². The smallest absolute Gasteiger partial charge is 0.379 e. The third-order valence-corrected chi connectivity index (χ3v) is 5.61. The van der Waals surface area contributed by atoms with Crippen LogP contribution in [0.15, 0.2) is 70.3 Å². The van der Waals surface area contributed by atoms with Crippen molar-refractivity contribution < 1.29 is 13.7 Å². The third kappa shape index (κ3) is 3.08. The van der Waals surface area contributed by atoms with E-state index in [0.717, 1.165) is 34.3 Å². The molecule has 0 saturated carbocycles. The molecule has 2 aromatic carbocycles. The SMILES string of the molecule is CC.CN1C(=Cc2oc3ccccc3[n+]2C)Oc2ccc(-c3cccs3)cc21. The maximum absolute atomic E-state index is 6.06. The third-order valence-electron chi connectivity index (χ3n) is 4.69. The van der Waals surface area contributed by atoms with Crippen LogP contribution in [0.25, 0.3) is 27.6 Å². The van der Waals surface area contributed by atoms with E-state index in [4.69, 9.17) is 9.15 Å². The van der Waals surface area contributed by atoms with Gasteiger partial charge in [-0.25, -0.2) is 0 Å². The van der Waals surface area contributed by atoms with E-state index in [2.05, 4.69) is 34.5 Å². The van der Waals surface area contributed by atoms with Crippen molar-refractivity contribution >= 4 is 34.2 Å². The first-order valence-corrected chi connectivity index (χ1v) is 10.3. The molecule has 1 aliphatic heterocycles. The van der Waals surface area contributed by atoms with Crippen molar-refractivity contribution in [1.29, 1.82) is 0 Å². The summed E-state index contributed by atoms with van der Waals surface area (Å²) in [5.74, 6) is 2.36. The number of hydrogen-bond acceptors (Lipinski definition) is 4. The Kier molecular flexibility index (Phi) is 4.92. The predicted octanol–water partition coefficient (Wildman–Crippen LogP) is 5.84. The topological polar surface area (TPSA) is 29.5 Å². The van der Waals surface area contributed by atoms with E-state index in [-0.39, 0.29) is 0 Å². The zero-order valence-corrected chi connectivity index (χ0v) is 17.3. The summed E-state index contributed by atoms with van der Waals surface area (Å²) in [5.41, 5.74) is 4.17. The largest absolute Gasteiger partial charge is 0.438 e. The fourth-order valence-electron chi connectivity index (χ4n) is 3.24. The second-order valence-electron chi connectivity index (χ2n) is 6.27. The van der Waals surface area contributed by atoms with Crippen LogP contribution in [0.5, 0.6) is 5.75 Å². The van der Waals surface area contributed by atoms with Crippen molar-refractivity contribution in [2.24, 2.45) is 7.05 Å². The maximum atomic E-state index is 6.06. The lowest BCUT2D eigenvalue weighted by atomic mass is 10.1. The summed E-state index contributed by atoms with van der Waals surface area (Å²) in [5, 5.41) is 2.09. The highest BCUT2D eigenvalue weighted by atomic mass is 32.1.